The molecule has 3 aromatic rings. The summed E-state index contributed by atoms with van der Waals surface area (Å²) < 4.78 is 4.98. The molecule has 24 heavy (non-hydrogen) atoms. The largest absolute Gasteiger partial charge is 0.454 e. The Balaban J connectivity index is 1.59. The molecule has 0 saturated carbocycles. The first kappa shape index (κ1) is 16.0. The number of carbonyl (C=O) groups excluding carboxylic acids is 2. The van der Waals surface area contributed by atoms with Crippen LogP contribution in [0.4, 0.5) is 0 Å². The van der Waals surface area contributed by atoms with Crippen molar-refractivity contribution in [3.63, 3.8) is 0 Å². The van der Waals surface area contributed by atoms with E-state index in [4.69, 9.17) is 16.3 Å². The molecule has 0 amide bonds. The first-order chi connectivity index (χ1) is 11.6. The summed E-state index contributed by atoms with van der Waals surface area (Å²) >= 11 is 5.77. The van der Waals surface area contributed by atoms with E-state index in [1.165, 1.54) is 6.08 Å². The number of rotatable bonds is 5. The number of hydrogen-bond donors (Lipinski definition) is 1. The predicted octanol–water partition coefficient (Wildman–Crippen LogP) is 4.26. The van der Waals surface area contributed by atoms with Crippen LogP contribution in [0.5, 0.6) is 0 Å². The van der Waals surface area contributed by atoms with Crippen LogP contribution < -0.4 is 0 Å². The van der Waals surface area contributed by atoms with E-state index in [1.807, 2.05) is 30.5 Å². The minimum atomic E-state index is -0.567. The van der Waals surface area contributed by atoms with Gasteiger partial charge in [-0.2, -0.15) is 0 Å². The van der Waals surface area contributed by atoms with Crippen molar-refractivity contribution in [1.29, 1.82) is 0 Å². The number of ether oxygens (including phenoxy) is 1. The second-order valence-electron chi connectivity index (χ2n) is 5.16. The van der Waals surface area contributed by atoms with E-state index < -0.39 is 5.97 Å². The van der Waals surface area contributed by atoms with E-state index in [-0.39, 0.29) is 12.4 Å². The topological polar surface area (TPSA) is 59.2 Å². The molecule has 0 saturated heterocycles. The van der Waals surface area contributed by atoms with Gasteiger partial charge in [0.15, 0.2) is 12.4 Å². The van der Waals surface area contributed by atoms with Crippen LogP contribution in [0.25, 0.3) is 17.0 Å². The highest BCUT2D eigenvalue weighted by Gasteiger charge is 2.08. The first-order valence-corrected chi connectivity index (χ1v) is 7.71. The molecule has 5 heteroatoms. The molecule has 0 fully saturated rings. The average Bonchev–Trinajstić information content (AvgIpc) is 3.01. The molecule has 0 aliphatic carbocycles. The van der Waals surface area contributed by atoms with Crippen LogP contribution >= 0.6 is 11.6 Å². The van der Waals surface area contributed by atoms with Gasteiger partial charge in [0.1, 0.15) is 0 Å². The number of carbonyl (C=O) groups is 2. The van der Waals surface area contributed by atoms with Gasteiger partial charge in [0.2, 0.25) is 0 Å². The number of hydrogen-bond acceptors (Lipinski definition) is 3. The van der Waals surface area contributed by atoms with E-state index in [2.05, 4.69) is 4.98 Å². The Bertz CT molecular complexity index is 910. The molecular weight excluding hydrogens is 326 g/mol. The number of Topliss-reactive ketones (excluding diaryl/α,β-unsaturated/α-hetero) is 1. The Hall–Kier alpha value is -2.85. The second kappa shape index (κ2) is 7.15. The molecule has 2 aromatic carbocycles. The third-order valence-corrected chi connectivity index (χ3v) is 3.78. The maximum absolute atomic E-state index is 11.9. The maximum atomic E-state index is 11.9. The molecule has 1 N–H and O–H groups in total. The number of aromatic nitrogens is 1. The summed E-state index contributed by atoms with van der Waals surface area (Å²) in [6.07, 6.45) is 4.78. The average molecular weight is 340 g/mol. The van der Waals surface area contributed by atoms with Gasteiger partial charge in [-0.1, -0.05) is 29.8 Å². The number of benzene rings is 2. The lowest BCUT2D eigenvalue weighted by atomic mass is 10.1. The maximum Gasteiger partial charge on any atom is 0.331 e. The summed E-state index contributed by atoms with van der Waals surface area (Å²) in [7, 11) is 0. The van der Waals surface area contributed by atoms with Gasteiger partial charge in [0.05, 0.1) is 0 Å². The summed E-state index contributed by atoms with van der Waals surface area (Å²) in [5.74, 6) is -0.844. The van der Waals surface area contributed by atoms with Crippen molar-refractivity contribution in [3.05, 3.63) is 77.0 Å². The Labute approximate surface area is 143 Å². The van der Waals surface area contributed by atoms with Gasteiger partial charge in [-0.05, 0) is 36.4 Å². The van der Waals surface area contributed by atoms with Gasteiger partial charge >= 0.3 is 5.97 Å². The van der Waals surface area contributed by atoms with Gasteiger partial charge in [0, 0.05) is 39.3 Å². The number of nitrogens with one attached hydrogen (secondary N) is 1. The molecule has 0 spiro atoms. The van der Waals surface area contributed by atoms with Crippen LogP contribution in [0.3, 0.4) is 0 Å². The lowest BCUT2D eigenvalue weighted by Crippen LogP contribution is -2.12. The molecular formula is C19H14ClNO3. The number of ketones is 1. The highest BCUT2D eigenvalue weighted by atomic mass is 35.5. The van der Waals surface area contributed by atoms with Crippen LogP contribution in [-0.4, -0.2) is 23.3 Å². The minimum absolute atomic E-state index is 0.277. The zero-order chi connectivity index (χ0) is 16.9. The predicted molar refractivity (Wildman–Crippen MR) is 94.1 cm³/mol. The molecule has 0 bridgehead atoms. The number of halogens is 1. The lowest BCUT2D eigenvalue weighted by Gasteiger charge is -2.02. The molecule has 0 atom stereocenters. The smallest absolute Gasteiger partial charge is 0.331 e. The van der Waals surface area contributed by atoms with E-state index >= 15 is 0 Å². The van der Waals surface area contributed by atoms with E-state index in [9.17, 15) is 9.59 Å². The summed E-state index contributed by atoms with van der Waals surface area (Å²) in [5.41, 5.74) is 2.32. The normalized spacial score (nSPS) is 11.0. The lowest BCUT2D eigenvalue weighted by molar-refractivity contribution is -0.136. The number of para-hydroxylation sites is 1. The molecule has 1 aromatic heterocycles. The fourth-order valence-corrected chi connectivity index (χ4v) is 2.42. The van der Waals surface area contributed by atoms with Gasteiger partial charge in [-0.3, -0.25) is 4.79 Å². The SMILES string of the molecule is O=C(/C=C/c1c[nH]c2ccccc12)OCC(=O)c1ccc(Cl)cc1. The highest BCUT2D eigenvalue weighted by Crippen LogP contribution is 2.18. The van der Waals surface area contributed by atoms with E-state index in [0.717, 1.165) is 16.5 Å². The minimum Gasteiger partial charge on any atom is -0.454 e. The van der Waals surface area contributed by atoms with Crippen LogP contribution in [0.2, 0.25) is 5.02 Å². The van der Waals surface area contributed by atoms with Crippen LogP contribution in [0.1, 0.15) is 15.9 Å². The van der Waals surface area contributed by atoms with Crippen molar-refractivity contribution in [1.82, 2.24) is 4.98 Å². The van der Waals surface area contributed by atoms with Gasteiger partial charge < -0.3 is 9.72 Å². The number of H-pyrrole nitrogens is 1. The third-order valence-electron chi connectivity index (χ3n) is 3.53. The number of fused-ring (bicyclic) bond motifs is 1. The number of aromatic amines is 1. The fourth-order valence-electron chi connectivity index (χ4n) is 2.29. The van der Waals surface area contributed by atoms with Crippen LogP contribution in [0.15, 0.2) is 60.8 Å². The molecule has 0 unspecified atom stereocenters. The Morgan fingerprint density at radius 1 is 1.08 bits per heavy atom. The summed E-state index contributed by atoms with van der Waals surface area (Å²) in [4.78, 5) is 26.8. The summed E-state index contributed by atoms with van der Waals surface area (Å²) in [5, 5.41) is 1.56. The van der Waals surface area contributed by atoms with Crippen molar-refractivity contribution in [2.24, 2.45) is 0 Å². The van der Waals surface area contributed by atoms with Crippen molar-refractivity contribution >= 4 is 40.3 Å². The van der Waals surface area contributed by atoms with Crippen molar-refractivity contribution in [2.45, 2.75) is 0 Å². The Kier molecular flexibility index (Phi) is 4.77. The molecule has 120 valence electrons. The van der Waals surface area contributed by atoms with Gasteiger partial charge in [-0.25, -0.2) is 4.79 Å². The van der Waals surface area contributed by atoms with Gasteiger partial charge in [0.25, 0.3) is 0 Å². The monoisotopic (exact) mass is 339 g/mol. The molecule has 4 nitrogen and oxygen atoms in total. The van der Waals surface area contributed by atoms with Crippen molar-refractivity contribution < 1.29 is 14.3 Å². The zero-order valence-corrected chi connectivity index (χ0v) is 13.4. The molecule has 0 aliphatic rings. The molecule has 3 rings (SSSR count). The van der Waals surface area contributed by atoms with Crippen molar-refractivity contribution in [2.75, 3.05) is 6.61 Å². The first-order valence-electron chi connectivity index (χ1n) is 7.33. The van der Waals surface area contributed by atoms with Gasteiger partial charge in [-0.15, -0.1) is 0 Å². The van der Waals surface area contributed by atoms with E-state index in [1.54, 1.807) is 30.3 Å². The molecule has 1 heterocycles. The van der Waals surface area contributed by atoms with Crippen molar-refractivity contribution in [3.8, 4) is 0 Å². The highest BCUT2D eigenvalue weighted by molar-refractivity contribution is 6.30. The second-order valence-corrected chi connectivity index (χ2v) is 5.60. The van der Waals surface area contributed by atoms with Crippen LogP contribution in [0, 0.1) is 0 Å². The number of esters is 1. The Morgan fingerprint density at radius 2 is 1.83 bits per heavy atom. The molecule has 0 radical (unpaired) electrons. The fraction of sp³-hybridized carbons (Fsp3) is 0.0526. The summed E-state index contributed by atoms with van der Waals surface area (Å²) in [6, 6.07) is 14.2. The summed E-state index contributed by atoms with van der Waals surface area (Å²) in [6.45, 7) is -0.307. The third kappa shape index (κ3) is 3.73. The zero-order valence-electron chi connectivity index (χ0n) is 12.7. The quantitative estimate of drug-likeness (QED) is 0.429. The van der Waals surface area contributed by atoms with Crippen LogP contribution in [-0.2, 0) is 9.53 Å². The van der Waals surface area contributed by atoms with E-state index in [0.29, 0.717) is 10.6 Å². The standard InChI is InChI=1S/C19H14ClNO3/c20-15-8-5-13(6-9-15)18(22)12-24-19(23)10-7-14-11-21-17-4-2-1-3-16(14)17/h1-11,21H,12H2/b10-7+. The molecule has 0 aliphatic heterocycles. The Morgan fingerprint density at radius 3 is 2.62 bits per heavy atom.